The average molecular weight is 472 g/mol. The third-order valence-electron chi connectivity index (χ3n) is 6.11. The first-order valence-corrected chi connectivity index (χ1v) is 11.4. The second-order valence-corrected chi connectivity index (χ2v) is 8.42. The fourth-order valence-electron chi connectivity index (χ4n) is 4.26. The lowest BCUT2D eigenvalue weighted by atomic mass is 10.0. The van der Waals surface area contributed by atoms with Crippen LogP contribution < -0.4 is 15.4 Å². The number of aromatic amines is 1. The predicted octanol–water partition coefficient (Wildman–Crippen LogP) is 3.40. The number of carbonyl (C=O) groups is 2. The first-order chi connectivity index (χ1) is 17.0. The van der Waals surface area contributed by atoms with Gasteiger partial charge in [-0.25, -0.2) is 9.97 Å². The van der Waals surface area contributed by atoms with E-state index >= 15 is 0 Å². The quantitative estimate of drug-likeness (QED) is 0.353. The van der Waals surface area contributed by atoms with Gasteiger partial charge in [0.05, 0.1) is 23.7 Å². The van der Waals surface area contributed by atoms with Crippen molar-refractivity contribution in [2.24, 2.45) is 0 Å². The molecule has 35 heavy (non-hydrogen) atoms. The van der Waals surface area contributed by atoms with Gasteiger partial charge in [0.15, 0.2) is 0 Å². The van der Waals surface area contributed by atoms with Crippen LogP contribution in [0.3, 0.4) is 0 Å². The largest absolute Gasteiger partial charge is 0.507 e. The number of aromatic hydroxyl groups is 1. The maximum atomic E-state index is 12.8. The second-order valence-electron chi connectivity index (χ2n) is 8.42. The smallest absolute Gasteiger partial charge is 0.252 e. The van der Waals surface area contributed by atoms with Gasteiger partial charge in [-0.05, 0) is 67.3 Å². The van der Waals surface area contributed by atoms with Crippen molar-refractivity contribution in [1.82, 2.24) is 25.6 Å². The Balaban J connectivity index is 1.44. The summed E-state index contributed by atoms with van der Waals surface area (Å²) in [4.78, 5) is 37.1. The summed E-state index contributed by atoms with van der Waals surface area (Å²) in [6.07, 6.45) is 4.04. The van der Waals surface area contributed by atoms with Crippen LogP contribution in [0.2, 0.25) is 0 Å². The van der Waals surface area contributed by atoms with Crippen LogP contribution in [0.5, 0.6) is 11.6 Å². The highest BCUT2D eigenvalue weighted by Crippen LogP contribution is 2.35. The summed E-state index contributed by atoms with van der Waals surface area (Å²) in [6, 6.07) is 13.5. The topological polar surface area (TPSA) is 129 Å². The van der Waals surface area contributed by atoms with Gasteiger partial charge >= 0.3 is 0 Å². The minimum atomic E-state index is -0.542. The van der Waals surface area contributed by atoms with Crippen LogP contribution in [0.15, 0.2) is 54.7 Å². The van der Waals surface area contributed by atoms with Gasteiger partial charge in [-0.3, -0.25) is 9.59 Å². The lowest BCUT2D eigenvalue weighted by Crippen LogP contribution is -2.45. The third kappa shape index (κ3) is 4.52. The highest BCUT2D eigenvalue weighted by molar-refractivity contribution is 6.00. The molecule has 4 aromatic rings. The van der Waals surface area contributed by atoms with Gasteiger partial charge in [0.1, 0.15) is 17.6 Å². The zero-order valence-corrected chi connectivity index (χ0v) is 19.2. The number of carbonyl (C=O) groups excluding carboxylic acids is 2. The number of phenolic OH excluding ortho intramolecular Hbond substituents is 1. The Kier molecular flexibility index (Phi) is 6.05. The van der Waals surface area contributed by atoms with Gasteiger partial charge in [-0.15, -0.1) is 0 Å². The Morgan fingerprint density at radius 3 is 2.89 bits per heavy atom. The van der Waals surface area contributed by atoms with E-state index in [1.54, 1.807) is 43.6 Å². The molecule has 0 spiro atoms. The van der Waals surface area contributed by atoms with E-state index in [4.69, 9.17) is 4.74 Å². The SMILES string of the molecule is COc1ncccc1-c1ccc(O)c(-c2nc3cc(C(=O)N[C@H]4CCCCNC4=O)ccc3[nH]2)c1. The number of amides is 2. The number of hydrogen-bond donors (Lipinski definition) is 4. The first-order valence-electron chi connectivity index (χ1n) is 11.4. The number of aromatic nitrogens is 3. The predicted molar refractivity (Wildman–Crippen MR) is 131 cm³/mol. The summed E-state index contributed by atoms with van der Waals surface area (Å²) in [5, 5.41) is 16.2. The summed E-state index contributed by atoms with van der Waals surface area (Å²) in [7, 11) is 1.56. The van der Waals surface area contributed by atoms with Crippen molar-refractivity contribution in [2.75, 3.05) is 13.7 Å². The number of methoxy groups -OCH3 is 1. The number of nitrogens with one attached hydrogen (secondary N) is 3. The molecule has 2 aromatic heterocycles. The first kappa shape index (κ1) is 22.4. The molecule has 1 fully saturated rings. The third-order valence-corrected chi connectivity index (χ3v) is 6.11. The standard InChI is InChI=1S/C26H25N5O4/c1-35-26-17(5-4-12-28-26)15-8-10-22(32)18(13-15)23-29-19-9-7-16(14-21(19)30-23)24(33)31-20-6-2-3-11-27-25(20)34/h4-5,7-10,12-14,20,32H,2-3,6,11H2,1H3,(H,27,34)(H,29,30)(H,31,33)/t20-/m0/s1. The summed E-state index contributed by atoms with van der Waals surface area (Å²) in [5.41, 5.74) is 3.80. The van der Waals surface area contributed by atoms with Crippen molar-refractivity contribution in [3.8, 4) is 34.1 Å². The zero-order chi connectivity index (χ0) is 24.4. The highest BCUT2D eigenvalue weighted by atomic mass is 16.5. The van der Waals surface area contributed by atoms with Gasteiger partial charge in [-0.1, -0.05) is 6.07 Å². The molecule has 0 radical (unpaired) electrons. The van der Waals surface area contributed by atoms with E-state index in [0.29, 0.717) is 46.8 Å². The molecular formula is C26H25N5O4. The lowest BCUT2D eigenvalue weighted by molar-refractivity contribution is -0.122. The number of H-pyrrole nitrogens is 1. The Bertz CT molecular complexity index is 1410. The Hall–Kier alpha value is -4.40. The maximum absolute atomic E-state index is 12.8. The number of phenols is 1. The molecule has 1 atom stereocenters. The van der Waals surface area contributed by atoms with Gasteiger partial charge in [0, 0.05) is 23.9 Å². The van der Waals surface area contributed by atoms with E-state index in [1.165, 1.54) is 0 Å². The fraction of sp³-hybridized carbons (Fsp3) is 0.231. The molecule has 2 aromatic carbocycles. The van der Waals surface area contributed by atoms with Gasteiger partial charge in [0.2, 0.25) is 11.8 Å². The van der Waals surface area contributed by atoms with Gasteiger partial charge in [0.25, 0.3) is 5.91 Å². The van der Waals surface area contributed by atoms with E-state index < -0.39 is 6.04 Å². The lowest BCUT2D eigenvalue weighted by Gasteiger charge is -2.15. The van der Waals surface area contributed by atoms with Crippen molar-refractivity contribution in [1.29, 1.82) is 0 Å². The summed E-state index contributed by atoms with van der Waals surface area (Å²) < 4.78 is 5.37. The highest BCUT2D eigenvalue weighted by Gasteiger charge is 2.23. The maximum Gasteiger partial charge on any atom is 0.252 e. The van der Waals surface area contributed by atoms with E-state index in [0.717, 1.165) is 24.0 Å². The van der Waals surface area contributed by atoms with E-state index in [-0.39, 0.29) is 17.6 Å². The van der Waals surface area contributed by atoms with Crippen molar-refractivity contribution in [3.05, 3.63) is 60.3 Å². The Labute approximate surface area is 201 Å². The molecule has 3 heterocycles. The van der Waals surface area contributed by atoms with Crippen molar-refractivity contribution >= 4 is 22.8 Å². The molecule has 9 nitrogen and oxygen atoms in total. The molecule has 5 rings (SSSR count). The summed E-state index contributed by atoms with van der Waals surface area (Å²) in [5.74, 6) is 0.522. The summed E-state index contributed by atoms with van der Waals surface area (Å²) in [6.45, 7) is 0.634. The van der Waals surface area contributed by atoms with E-state index in [1.807, 2.05) is 18.2 Å². The fourth-order valence-corrected chi connectivity index (χ4v) is 4.26. The number of hydrogen-bond acceptors (Lipinski definition) is 6. The number of pyridine rings is 1. The minimum absolute atomic E-state index is 0.0630. The summed E-state index contributed by atoms with van der Waals surface area (Å²) >= 11 is 0. The molecule has 0 unspecified atom stereocenters. The average Bonchev–Trinajstić information content (AvgIpc) is 3.20. The number of ether oxygens (including phenoxy) is 1. The molecule has 178 valence electrons. The minimum Gasteiger partial charge on any atom is -0.507 e. The van der Waals surface area contributed by atoms with Crippen LogP contribution in [0.25, 0.3) is 33.5 Å². The van der Waals surface area contributed by atoms with Crippen molar-refractivity contribution in [2.45, 2.75) is 25.3 Å². The van der Waals surface area contributed by atoms with Crippen LogP contribution in [-0.2, 0) is 4.79 Å². The molecule has 2 amide bonds. The molecule has 1 saturated heterocycles. The molecule has 0 aliphatic carbocycles. The van der Waals surface area contributed by atoms with Crippen molar-refractivity contribution in [3.63, 3.8) is 0 Å². The molecule has 0 saturated carbocycles. The Morgan fingerprint density at radius 1 is 1.14 bits per heavy atom. The molecular weight excluding hydrogens is 446 g/mol. The van der Waals surface area contributed by atoms with Gasteiger partial charge < -0.3 is 25.5 Å². The van der Waals surface area contributed by atoms with Crippen LogP contribution >= 0.6 is 0 Å². The van der Waals surface area contributed by atoms with Crippen LogP contribution in [-0.4, -0.2) is 51.6 Å². The van der Waals surface area contributed by atoms with Crippen molar-refractivity contribution < 1.29 is 19.4 Å². The molecule has 1 aliphatic heterocycles. The molecule has 1 aliphatic rings. The van der Waals surface area contributed by atoms with Crippen LogP contribution in [0.1, 0.15) is 29.6 Å². The number of nitrogens with zero attached hydrogens (tertiary/aromatic N) is 2. The number of benzene rings is 2. The zero-order valence-electron chi connectivity index (χ0n) is 19.2. The van der Waals surface area contributed by atoms with E-state index in [9.17, 15) is 14.7 Å². The van der Waals surface area contributed by atoms with E-state index in [2.05, 4.69) is 25.6 Å². The van der Waals surface area contributed by atoms with Gasteiger partial charge in [-0.2, -0.15) is 0 Å². The second kappa shape index (κ2) is 9.46. The van der Waals surface area contributed by atoms with Crippen LogP contribution in [0, 0.1) is 0 Å². The number of imidazole rings is 1. The van der Waals surface area contributed by atoms with Crippen LogP contribution in [0.4, 0.5) is 0 Å². The Morgan fingerprint density at radius 2 is 2.03 bits per heavy atom. The monoisotopic (exact) mass is 471 g/mol. The molecule has 4 N–H and O–H groups in total. The normalized spacial score (nSPS) is 15.9. The number of rotatable bonds is 5. The molecule has 9 heteroatoms. The number of fused-ring (bicyclic) bond motifs is 1. The molecule has 0 bridgehead atoms.